The largest absolute Gasteiger partial charge is 0.285 e. The summed E-state index contributed by atoms with van der Waals surface area (Å²) in [6, 6.07) is 15.9. The first kappa shape index (κ1) is 18.6. The van der Waals surface area contributed by atoms with E-state index in [9.17, 15) is 9.59 Å². The molecule has 27 heavy (non-hydrogen) atoms. The van der Waals surface area contributed by atoms with E-state index >= 15 is 0 Å². The number of nitrogens with one attached hydrogen (secondary N) is 3. The molecule has 138 valence electrons. The zero-order valence-corrected chi connectivity index (χ0v) is 15.1. The third-order valence-corrected chi connectivity index (χ3v) is 4.06. The molecular formula is C19H18ClN5O2. The molecule has 1 heterocycles. The number of hydrogen-bond acceptors (Lipinski definition) is 5. The maximum Gasteiger partial charge on any atom is 0.263 e. The molecule has 1 aliphatic rings. The van der Waals surface area contributed by atoms with Crippen LogP contribution in [0.5, 0.6) is 0 Å². The quantitative estimate of drug-likeness (QED) is 0.524. The number of halogens is 1. The van der Waals surface area contributed by atoms with Crippen molar-refractivity contribution in [3.63, 3.8) is 0 Å². The van der Waals surface area contributed by atoms with Gasteiger partial charge in [-0.05, 0) is 23.3 Å². The lowest BCUT2D eigenvalue weighted by atomic mass is 10.1. The van der Waals surface area contributed by atoms with Crippen molar-refractivity contribution in [3.05, 3.63) is 70.7 Å². The molecule has 0 aliphatic carbocycles. The van der Waals surface area contributed by atoms with Gasteiger partial charge < -0.3 is 0 Å². The summed E-state index contributed by atoms with van der Waals surface area (Å²) in [5, 5.41) is 4.51. The van der Waals surface area contributed by atoms with Crippen molar-refractivity contribution in [2.24, 2.45) is 10.1 Å². The number of rotatable bonds is 6. The van der Waals surface area contributed by atoms with Gasteiger partial charge in [-0.1, -0.05) is 54.1 Å². The van der Waals surface area contributed by atoms with E-state index in [1.807, 2.05) is 30.3 Å². The van der Waals surface area contributed by atoms with Crippen LogP contribution >= 0.6 is 11.6 Å². The lowest BCUT2D eigenvalue weighted by molar-refractivity contribution is -0.128. The van der Waals surface area contributed by atoms with E-state index in [2.05, 4.69) is 26.4 Å². The van der Waals surface area contributed by atoms with Crippen LogP contribution in [0, 0.1) is 0 Å². The molecule has 7 nitrogen and oxygen atoms in total. The van der Waals surface area contributed by atoms with Crippen LogP contribution in [-0.2, 0) is 16.0 Å². The van der Waals surface area contributed by atoms with E-state index in [0.717, 1.165) is 11.1 Å². The Morgan fingerprint density at radius 1 is 1.15 bits per heavy atom. The van der Waals surface area contributed by atoms with Crippen LogP contribution in [-0.4, -0.2) is 29.9 Å². The summed E-state index contributed by atoms with van der Waals surface area (Å²) in [5.41, 5.74) is 9.56. The molecule has 0 radical (unpaired) electrons. The number of hydrazine groups is 1. The van der Waals surface area contributed by atoms with Gasteiger partial charge in [0.05, 0.1) is 12.6 Å². The van der Waals surface area contributed by atoms with Gasteiger partial charge in [0.2, 0.25) is 5.91 Å². The van der Waals surface area contributed by atoms with Crippen molar-refractivity contribution in [3.8, 4) is 0 Å². The number of amides is 2. The Hall–Kier alpha value is -3.19. The Kier molecular flexibility index (Phi) is 6.17. The summed E-state index contributed by atoms with van der Waals surface area (Å²) in [5.74, 6) is -0.156. The van der Waals surface area contributed by atoms with Crippen molar-refractivity contribution in [1.82, 2.24) is 16.3 Å². The average molecular weight is 384 g/mol. The van der Waals surface area contributed by atoms with Gasteiger partial charge in [-0.15, -0.1) is 0 Å². The number of carbonyl (C=O) groups excluding carboxylic acids is 2. The Bertz CT molecular complexity index is 865. The van der Waals surface area contributed by atoms with E-state index in [0.29, 0.717) is 17.3 Å². The van der Waals surface area contributed by atoms with Crippen molar-refractivity contribution < 1.29 is 9.59 Å². The highest BCUT2D eigenvalue weighted by atomic mass is 35.5. The molecule has 0 aromatic heterocycles. The normalized spacial score (nSPS) is 16.4. The third-order valence-electron chi connectivity index (χ3n) is 3.81. The Labute approximate surface area is 161 Å². The minimum atomic E-state index is -0.796. The summed E-state index contributed by atoms with van der Waals surface area (Å²) < 4.78 is 0. The van der Waals surface area contributed by atoms with Crippen molar-refractivity contribution in [2.75, 3.05) is 0 Å². The first-order chi connectivity index (χ1) is 13.1. The van der Waals surface area contributed by atoms with Crippen molar-refractivity contribution in [2.45, 2.75) is 18.9 Å². The van der Waals surface area contributed by atoms with Crippen LogP contribution in [0.3, 0.4) is 0 Å². The number of carbonyl (C=O) groups is 2. The number of benzene rings is 2. The van der Waals surface area contributed by atoms with Crippen LogP contribution in [0.25, 0.3) is 0 Å². The molecule has 0 saturated heterocycles. The Morgan fingerprint density at radius 2 is 1.89 bits per heavy atom. The van der Waals surface area contributed by atoms with Gasteiger partial charge in [-0.2, -0.15) is 5.10 Å². The molecule has 8 heteroatoms. The van der Waals surface area contributed by atoms with Crippen LogP contribution in [0.1, 0.15) is 17.5 Å². The fourth-order valence-electron chi connectivity index (χ4n) is 2.46. The van der Waals surface area contributed by atoms with Gasteiger partial charge in [0.15, 0.2) is 0 Å². The maximum absolute atomic E-state index is 12.1. The molecular weight excluding hydrogens is 366 g/mol. The standard InChI is InChI=1S/C19H18ClN5O2/c20-15-8-6-14(7-9-15)12-21-24-18(26)11-16-19(27)25-23-17(22-16)10-13-4-2-1-3-5-13/h1-9,12,16H,10-11H2,(H,22,23)(H,24,26)(H,25,27)/b21-12+. The SMILES string of the molecule is O=C(CC1N=C(Cc2ccccc2)NNC1=O)N/N=C/c1ccc(Cl)cc1. The van der Waals surface area contributed by atoms with E-state index < -0.39 is 11.9 Å². The van der Waals surface area contributed by atoms with Crippen LogP contribution in [0.2, 0.25) is 5.02 Å². The third kappa shape index (κ3) is 5.65. The molecule has 1 aliphatic heterocycles. The fraction of sp³-hybridized carbons (Fsp3) is 0.158. The van der Waals surface area contributed by atoms with E-state index in [1.165, 1.54) is 6.21 Å². The summed E-state index contributed by atoms with van der Waals surface area (Å²) in [6.07, 6.45) is 1.94. The number of nitrogens with zero attached hydrogens (tertiary/aromatic N) is 2. The van der Waals surface area contributed by atoms with Gasteiger partial charge in [0.1, 0.15) is 11.9 Å². The molecule has 2 aromatic rings. The average Bonchev–Trinajstić information content (AvgIpc) is 2.67. The van der Waals surface area contributed by atoms with Crippen molar-refractivity contribution in [1.29, 1.82) is 0 Å². The topological polar surface area (TPSA) is 95.0 Å². The van der Waals surface area contributed by atoms with Crippen LogP contribution in [0.4, 0.5) is 0 Å². The molecule has 1 unspecified atom stereocenters. The summed E-state index contributed by atoms with van der Waals surface area (Å²) >= 11 is 5.81. The highest BCUT2D eigenvalue weighted by Crippen LogP contribution is 2.08. The summed E-state index contributed by atoms with van der Waals surface area (Å²) in [4.78, 5) is 28.3. The molecule has 0 saturated carbocycles. The van der Waals surface area contributed by atoms with Gasteiger partial charge in [0, 0.05) is 11.4 Å². The Balaban J connectivity index is 1.56. The second-order valence-electron chi connectivity index (χ2n) is 5.92. The zero-order chi connectivity index (χ0) is 19.1. The van der Waals surface area contributed by atoms with Gasteiger partial charge in [-0.25, -0.2) is 5.43 Å². The monoisotopic (exact) mass is 383 g/mol. The van der Waals surface area contributed by atoms with Gasteiger partial charge in [-0.3, -0.25) is 25.4 Å². The predicted molar refractivity (Wildman–Crippen MR) is 104 cm³/mol. The number of hydrogen-bond donors (Lipinski definition) is 3. The minimum Gasteiger partial charge on any atom is -0.285 e. The first-order valence-corrected chi connectivity index (χ1v) is 8.72. The second kappa shape index (κ2) is 8.95. The lowest BCUT2D eigenvalue weighted by Gasteiger charge is -2.21. The number of hydrazone groups is 1. The smallest absolute Gasteiger partial charge is 0.263 e. The molecule has 2 aromatic carbocycles. The van der Waals surface area contributed by atoms with Crippen molar-refractivity contribution >= 4 is 35.5 Å². The summed E-state index contributed by atoms with van der Waals surface area (Å²) in [7, 11) is 0. The highest BCUT2D eigenvalue weighted by Gasteiger charge is 2.25. The maximum atomic E-state index is 12.1. The molecule has 3 N–H and O–H groups in total. The van der Waals surface area contributed by atoms with E-state index in [1.54, 1.807) is 24.3 Å². The molecule has 1 atom stereocenters. The van der Waals surface area contributed by atoms with Crippen LogP contribution < -0.4 is 16.3 Å². The second-order valence-corrected chi connectivity index (χ2v) is 6.35. The first-order valence-electron chi connectivity index (χ1n) is 8.34. The summed E-state index contributed by atoms with van der Waals surface area (Å²) in [6.45, 7) is 0. The zero-order valence-electron chi connectivity index (χ0n) is 14.4. The molecule has 0 fully saturated rings. The number of amidine groups is 1. The van der Waals surface area contributed by atoms with E-state index in [4.69, 9.17) is 11.6 Å². The lowest BCUT2D eigenvalue weighted by Crippen LogP contribution is -2.52. The molecule has 0 bridgehead atoms. The van der Waals surface area contributed by atoms with Gasteiger partial charge >= 0.3 is 0 Å². The molecule has 3 rings (SSSR count). The van der Waals surface area contributed by atoms with Crippen LogP contribution in [0.15, 0.2) is 64.7 Å². The van der Waals surface area contributed by atoms with Gasteiger partial charge in [0.25, 0.3) is 5.91 Å². The molecule has 0 spiro atoms. The predicted octanol–water partition coefficient (Wildman–Crippen LogP) is 1.82. The fourth-order valence-corrected chi connectivity index (χ4v) is 2.59. The Morgan fingerprint density at radius 3 is 2.63 bits per heavy atom. The van der Waals surface area contributed by atoms with E-state index in [-0.39, 0.29) is 12.3 Å². The number of aliphatic imine (C=N–C) groups is 1. The minimum absolute atomic E-state index is 0.0935. The molecule has 2 amide bonds. The highest BCUT2D eigenvalue weighted by molar-refractivity contribution is 6.30.